The molecular weight excluding hydrogens is 799 g/mol. The molecule has 10 rings (SSSR count). The fourth-order valence-corrected chi connectivity index (χ4v) is 7.98. The molecule has 0 bridgehead atoms. The van der Waals surface area contributed by atoms with Gasteiger partial charge >= 0.3 is 0 Å². The molecule has 0 amide bonds. The molecule has 0 atom stereocenters. The number of benzene rings is 7. The van der Waals surface area contributed by atoms with Crippen LogP contribution in [0.25, 0.3) is 104 Å². The van der Waals surface area contributed by atoms with Gasteiger partial charge in [-0.1, -0.05) is 218 Å². The molecule has 3 heteroatoms. The topological polar surface area (TPSA) is 38.7 Å². The number of hydrogen-bond donors (Lipinski definition) is 0. The number of aromatic nitrogens is 3. The van der Waals surface area contributed by atoms with Crippen LogP contribution in [0.1, 0.15) is 33.4 Å². The molecule has 3 aromatic heterocycles. The third kappa shape index (κ3) is 10.2. The maximum atomic E-state index is 4.82. The van der Waals surface area contributed by atoms with Crippen LogP contribution in [0, 0.1) is 0 Å². The normalized spacial score (nSPS) is 11.5. The van der Waals surface area contributed by atoms with E-state index < -0.39 is 0 Å². The van der Waals surface area contributed by atoms with Gasteiger partial charge in [-0.3, -0.25) is 15.0 Å². The molecule has 0 spiro atoms. The van der Waals surface area contributed by atoms with Crippen LogP contribution in [0.5, 0.6) is 0 Å². The van der Waals surface area contributed by atoms with Gasteiger partial charge in [0.2, 0.25) is 0 Å². The Morgan fingerprint density at radius 2 is 0.424 bits per heavy atom. The van der Waals surface area contributed by atoms with E-state index in [0.29, 0.717) is 0 Å². The predicted molar refractivity (Wildman–Crippen MR) is 279 cm³/mol. The number of pyridine rings is 3. The first-order valence-electron chi connectivity index (χ1n) is 22.2. The van der Waals surface area contributed by atoms with E-state index in [1.165, 1.54) is 33.4 Å². The number of hydrogen-bond acceptors (Lipinski definition) is 3. The Hall–Kier alpha value is -8.79. The van der Waals surface area contributed by atoms with Gasteiger partial charge in [-0.25, -0.2) is 0 Å². The molecule has 0 fully saturated rings. The molecule has 10 aromatic rings. The first-order valence-corrected chi connectivity index (χ1v) is 22.2. The van der Waals surface area contributed by atoms with E-state index >= 15 is 0 Å². The van der Waals surface area contributed by atoms with Gasteiger partial charge in [0.1, 0.15) is 0 Å². The van der Waals surface area contributed by atoms with Gasteiger partial charge in [-0.2, -0.15) is 0 Å². The van der Waals surface area contributed by atoms with Gasteiger partial charge in [-0.05, 0) is 103 Å². The first kappa shape index (κ1) is 41.2. The fourth-order valence-electron chi connectivity index (χ4n) is 7.98. The van der Waals surface area contributed by atoms with Crippen LogP contribution >= 0.6 is 0 Å². The zero-order valence-electron chi connectivity index (χ0n) is 36.3. The SMILES string of the molecule is C(=C\c1cc(/C=C/c2ccc(-c3ccc(-c4ccccc4)cc3)nc2)cc(/C=C/c2ccc(-c3ccc(-c4ccccc4)cc3)nc2)c1)/c1ccc(-c2ccc(-c3ccccc3)cc2)nc1. The number of nitrogens with zero attached hydrogens (tertiary/aromatic N) is 3. The summed E-state index contributed by atoms with van der Waals surface area (Å²) < 4.78 is 0. The van der Waals surface area contributed by atoms with Crippen LogP contribution in [0.3, 0.4) is 0 Å². The van der Waals surface area contributed by atoms with Gasteiger partial charge in [0, 0.05) is 35.3 Å². The van der Waals surface area contributed by atoms with Crippen molar-refractivity contribution >= 4 is 36.5 Å². The molecule has 312 valence electrons. The zero-order chi connectivity index (χ0) is 44.3. The minimum atomic E-state index is 0.943. The minimum Gasteiger partial charge on any atom is -0.256 e. The third-order valence-electron chi connectivity index (χ3n) is 11.6. The second-order valence-corrected chi connectivity index (χ2v) is 16.2. The Balaban J connectivity index is 0.871. The Labute approximate surface area is 387 Å². The highest BCUT2D eigenvalue weighted by Gasteiger charge is 2.06. The smallest absolute Gasteiger partial charge is 0.0702 e. The Morgan fingerprint density at radius 3 is 0.667 bits per heavy atom. The maximum Gasteiger partial charge on any atom is 0.0702 e. The second-order valence-electron chi connectivity index (χ2n) is 16.2. The molecule has 0 saturated carbocycles. The predicted octanol–water partition coefficient (Wildman–Crippen LogP) is 16.4. The molecule has 0 radical (unpaired) electrons. The lowest BCUT2D eigenvalue weighted by Crippen LogP contribution is -1.86. The average Bonchev–Trinajstić information content (AvgIpc) is 3.40. The monoisotopic (exact) mass is 843 g/mol. The Kier molecular flexibility index (Phi) is 12.3. The molecule has 0 aliphatic carbocycles. The fraction of sp³-hybridized carbons (Fsp3) is 0. The van der Waals surface area contributed by atoms with Crippen molar-refractivity contribution in [1.82, 2.24) is 15.0 Å². The largest absolute Gasteiger partial charge is 0.256 e. The van der Waals surface area contributed by atoms with Gasteiger partial charge in [0.15, 0.2) is 0 Å². The van der Waals surface area contributed by atoms with Crippen LogP contribution in [0.2, 0.25) is 0 Å². The summed E-state index contributed by atoms with van der Waals surface area (Å²) >= 11 is 0. The van der Waals surface area contributed by atoms with E-state index in [4.69, 9.17) is 15.0 Å². The maximum absolute atomic E-state index is 4.82. The summed E-state index contributed by atoms with van der Waals surface area (Å²) in [6.07, 6.45) is 18.6. The van der Waals surface area contributed by atoms with Gasteiger partial charge in [-0.15, -0.1) is 0 Å². The highest BCUT2D eigenvalue weighted by atomic mass is 14.7. The van der Waals surface area contributed by atoms with Gasteiger partial charge in [0.25, 0.3) is 0 Å². The molecule has 0 aliphatic rings. The third-order valence-corrected chi connectivity index (χ3v) is 11.6. The van der Waals surface area contributed by atoms with Crippen LogP contribution in [-0.2, 0) is 0 Å². The molecule has 3 heterocycles. The lowest BCUT2D eigenvalue weighted by Gasteiger charge is -2.06. The van der Waals surface area contributed by atoms with Crippen molar-refractivity contribution < 1.29 is 0 Å². The van der Waals surface area contributed by atoms with E-state index in [1.54, 1.807) is 0 Å². The molecule has 7 aromatic carbocycles. The summed E-state index contributed by atoms with van der Waals surface area (Å²) in [6.45, 7) is 0. The minimum absolute atomic E-state index is 0.943. The van der Waals surface area contributed by atoms with E-state index in [-0.39, 0.29) is 0 Å². The summed E-state index contributed by atoms with van der Waals surface area (Å²) in [7, 11) is 0. The quantitative estimate of drug-likeness (QED) is 0.123. The molecule has 0 unspecified atom stereocenters. The molecule has 0 saturated heterocycles. The van der Waals surface area contributed by atoms with Crippen molar-refractivity contribution in [2.24, 2.45) is 0 Å². The van der Waals surface area contributed by atoms with Crippen molar-refractivity contribution in [3.05, 3.63) is 270 Å². The van der Waals surface area contributed by atoms with Crippen molar-refractivity contribution in [3.8, 4) is 67.2 Å². The summed E-state index contributed by atoms with van der Waals surface area (Å²) in [5, 5.41) is 0. The molecule has 0 N–H and O–H groups in total. The zero-order valence-corrected chi connectivity index (χ0v) is 36.3. The average molecular weight is 844 g/mol. The Bertz CT molecular complexity index is 2880. The van der Waals surface area contributed by atoms with Crippen LogP contribution in [-0.4, -0.2) is 15.0 Å². The molecule has 66 heavy (non-hydrogen) atoms. The van der Waals surface area contributed by atoms with Crippen LogP contribution in [0.15, 0.2) is 237 Å². The van der Waals surface area contributed by atoms with Crippen molar-refractivity contribution in [1.29, 1.82) is 0 Å². The summed E-state index contributed by atoms with van der Waals surface area (Å²) in [5.74, 6) is 0. The molecule has 3 nitrogen and oxygen atoms in total. The van der Waals surface area contributed by atoms with Crippen molar-refractivity contribution in [3.63, 3.8) is 0 Å². The summed E-state index contributed by atoms with van der Waals surface area (Å²) in [6, 6.07) is 76.3. The van der Waals surface area contributed by atoms with E-state index in [2.05, 4.69) is 237 Å². The van der Waals surface area contributed by atoms with Crippen LogP contribution < -0.4 is 0 Å². The standard InChI is InChI=1S/C63H45N3/c1-4-10-52(11-5-1)55-25-31-58(32-26-55)61-37-22-46(43-64-61)16-19-49-40-50(20-17-47-23-38-62(65-44-47)59-33-27-56(28-34-59)53-12-6-2-7-13-53)42-51(41-49)21-18-48-24-39-63(66-45-48)60-35-29-57(30-36-60)54-14-8-3-9-15-54/h1-45H/b19-16+,20-17+,21-18+. The highest BCUT2D eigenvalue weighted by Crippen LogP contribution is 2.28. The Morgan fingerprint density at radius 1 is 0.197 bits per heavy atom. The lowest BCUT2D eigenvalue weighted by atomic mass is 10.0. The highest BCUT2D eigenvalue weighted by molar-refractivity contribution is 5.80. The first-order chi connectivity index (χ1) is 32.6. The summed E-state index contributed by atoms with van der Waals surface area (Å²) in [4.78, 5) is 14.5. The molecular formula is C63H45N3. The van der Waals surface area contributed by atoms with Gasteiger partial charge < -0.3 is 0 Å². The van der Waals surface area contributed by atoms with Crippen LogP contribution in [0.4, 0.5) is 0 Å². The van der Waals surface area contributed by atoms with Crippen molar-refractivity contribution in [2.45, 2.75) is 0 Å². The van der Waals surface area contributed by atoms with Crippen molar-refractivity contribution in [2.75, 3.05) is 0 Å². The number of rotatable bonds is 12. The van der Waals surface area contributed by atoms with E-state index in [9.17, 15) is 0 Å². The van der Waals surface area contributed by atoms with E-state index in [0.717, 1.165) is 67.2 Å². The lowest BCUT2D eigenvalue weighted by molar-refractivity contribution is 1.31. The second kappa shape index (κ2) is 19.7. The van der Waals surface area contributed by atoms with Gasteiger partial charge in [0.05, 0.1) is 17.1 Å². The molecule has 0 aliphatic heterocycles. The summed E-state index contributed by atoms with van der Waals surface area (Å²) in [5.41, 5.74) is 19.6. The van der Waals surface area contributed by atoms with E-state index in [1.807, 2.05) is 36.8 Å².